The van der Waals surface area contributed by atoms with E-state index in [1.165, 1.54) is 0 Å². The van der Waals surface area contributed by atoms with Gasteiger partial charge in [-0.2, -0.15) is 5.26 Å². The highest BCUT2D eigenvalue weighted by molar-refractivity contribution is 5.79. The van der Waals surface area contributed by atoms with Crippen molar-refractivity contribution in [1.29, 1.82) is 5.26 Å². The first-order valence-electron chi connectivity index (χ1n) is 4.83. The third-order valence-corrected chi connectivity index (χ3v) is 2.39. The molecule has 0 spiro atoms. The lowest BCUT2D eigenvalue weighted by Gasteiger charge is -2.22. The fourth-order valence-electron chi connectivity index (χ4n) is 1.67. The van der Waals surface area contributed by atoms with E-state index in [0.29, 0.717) is 12.2 Å². The standard InChI is InChI=1S/C12H12N2O/c1-8(2)10-4-3-9(7-13)11-12(10)15-6-5-14-11/h3-4,14H,1,5-6H2,2H3. The summed E-state index contributed by atoms with van der Waals surface area (Å²) < 4.78 is 5.58. The fraction of sp³-hybridized carbons (Fsp3) is 0.250. The summed E-state index contributed by atoms with van der Waals surface area (Å²) in [5.41, 5.74) is 3.33. The molecule has 0 bridgehead atoms. The number of nitrogens with one attached hydrogen (secondary N) is 1. The van der Waals surface area contributed by atoms with E-state index in [1.54, 1.807) is 6.07 Å². The zero-order valence-electron chi connectivity index (χ0n) is 8.63. The average Bonchev–Trinajstić information content (AvgIpc) is 2.27. The number of nitrogens with zero attached hydrogens (tertiary/aromatic N) is 1. The van der Waals surface area contributed by atoms with Gasteiger partial charge in [0.05, 0.1) is 11.3 Å². The number of allylic oxidation sites excluding steroid dienone is 1. The predicted octanol–water partition coefficient (Wildman–Crippen LogP) is 2.40. The van der Waals surface area contributed by atoms with Crippen molar-refractivity contribution in [1.82, 2.24) is 0 Å². The van der Waals surface area contributed by atoms with Crippen LogP contribution in [0.4, 0.5) is 5.69 Å². The van der Waals surface area contributed by atoms with Gasteiger partial charge in [-0.25, -0.2) is 0 Å². The minimum absolute atomic E-state index is 0.620. The van der Waals surface area contributed by atoms with Crippen LogP contribution in [0.25, 0.3) is 5.57 Å². The summed E-state index contributed by atoms with van der Waals surface area (Å²) in [7, 11) is 0. The predicted molar refractivity (Wildman–Crippen MR) is 59.8 cm³/mol. The summed E-state index contributed by atoms with van der Waals surface area (Å²) in [5, 5.41) is 12.1. The van der Waals surface area contributed by atoms with E-state index >= 15 is 0 Å². The van der Waals surface area contributed by atoms with Crippen molar-refractivity contribution in [3.8, 4) is 11.8 Å². The first-order chi connectivity index (χ1) is 7.24. The summed E-state index contributed by atoms with van der Waals surface area (Å²) >= 11 is 0. The Bertz CT molecular complexity index is 457. The smallest absolute Gasteiger partial charge is 0.151 e. The van der Waals surface area contributed by atoms with E-state index in [1.807, 2.05) is 13.0 Å². The van der Waals surface area contributed by atoms with Crippen molar-refractivity contribution in [2.75, 3.05) is 18.5 Å². The van der Waals surface area contributed by atoms with Gasteiger partial charge < -0.3 is 10.1 Å². The molecule has 0 amide bonds. The van der Waals surface area contributed by atoms with Crippen LogP contribution in [0.1, 0.15) is 18.1 Å². The molecule has 0 aromatic heterocycles. The molecule has 1 heterocycles. The minimum atomic E-state index is 0.620. The molecule has 1 aliphatic heterocycles. The highest BCUT2D eigenvalue weighted by Gasteiger charge is 2.18. The van der Waals surface area contributed by atoms with Gasteiger partial charge in [0.25, 0.3) is 0 Å². The van der Waals surface area contributed by atoms with Crippen molar-refractivity contribution in [3.63, 3.8) is 0 Å². The van der Waals surface area contributed by atoms with Crippen molar-refractivity contribution in [2.45, 2.75) is 6.92 Å². The minimum Gasteiger partial charge on any atom is -0.489 e. The molecule has 76 valence electrons. The Morgan fingerprint density at radius 1 is 1.60 bits per heavy atom. The van der Waals surface area contributed by atoms with Gasteiger partial charge in [0.2, 0.25) is 0 Å². The fourth-order valence-corrected chi connectivity index (χ4v) is 1.67. The Labute approximate surface area is 89.0 Å². The number of fused-ring (bicyclic) bond motifs is 1. The Balaban J connectivity index is 2.64. The monoisotopic (exact) mass is 200 g/mol. The third kappa shape index (κ3) is 1.55. The van der Waals surface area contributed by atoms with Gasteiger partial charge in [0.1, 0.15) is 12.7 Å². The Hall–Kier alpha value is -1.95. The quantitative estimate of drug-likeness (QED) is 0.757. The lowest BCUT2D eigenvalue weighted by molar-refractivity contribution is 0.322. The van der Waals surface area contributed by atoms with Gasteiger partial charge >= 0.3 is 0 Å². The van der Waals surface area contributed by atoms with E-state index < -0.39 is 0 Å². The van der Waals surface area contributed by atoms with E-state index in [-0.39, 0.29) is 0 Å². The molecule has 0 unspecified atom stereocenters. The number of hydrogen-bond donors (Lipinski definition) is 1. The maximum atomic E-state index is 8.96. The number of hydrogen-bond acceptors (Lipinski definition) is 3. The zero-order chi connectivity index (χ0) is 10.8. The first kappa shape index (κ1) is 9.60. The van der Waals surface area contributed by atoms with Crippen molar-refractivity contribution < 1.29 is 4.74 Å². The van der Waals surface area contributed by atoms with Crippen LogP contribution >= 0.6 is 0 Å². The van der Waals surface area contributed by atoms with E-state index in [2.05, 4.69) is 18.0 Å². The molecule has 3 nitrogen and oxygen atoms in total. The van der Waals surface area contributed by atoms with E-state index in [0.717, 1.165) is 29.1 Å². The number of ether oxygens (including phenoxy) is 1. The maximum absolute atomic E-state index is 8.96. The van der Waals surface area contributed by atoms with Crippen LogP contribution in [0.2, 0.25) is 0 Å². The Kier molecular flexibility index (Phi) is 2.34. The molecule has 0 fully saturated rings. The maximum Gasteiger partial charge on any atom is 0.151 e. The first-order valence-corrected chi connectivity index (χ1v) is 4.83. The molecular formula is C12H12N2O. The summed E-state index contributed by atoms with van der Waals surface area (Å²) in [5.74, 6) is 0.757. The van der Waals surface area contributed by atoms with Crippen LogP contribution < -0.4 is 10.1 Å². The molecule has 0 saturated carbocycles. The van der Waals surface area contributed by atoms with Crippen LogP contribution in [-0.4, -0.2) is 13.2 Å². The van der Waals surface area contributed by atoms with E-state index in [9.17, 15) is 0 Å². The second-order valence-electron chi connectivity index (χ2n) is 3.53. The molecule has 0 saturated heterocycles. The lowest BCUT2D eigenvalue weighted by atomic mass is 10.0. The lowest BCUT2D eigenvalue weighted by Crippen LogP contribution is -2.19. The molecule has 1 aromatic rings. The highest BCUT2D eigenvalue weighted by atomic mass is 16.5. The zero-order valence-corrected chi connectivity index (χ0v) is 8.63. The van der Waals surface area contributed by atoms with Crippen molar-refractivity contribution >= 4 is 11.3 Å². The molecular weight excluding hydrogens is 188 g/mol. The molecule has 3 heteroatoms. The number of anilines is 1. The molecule has 1 aromatic carbocycles. The highest BCUT2D eigenvalue weighted by Crippen LogP contribution is 2.37. The molecule has 1 aliphatic rings. The summed E-state index contributed by atoms with van der Waals surface area (Å²) in [6, 6.07) is 5.83. The van der Waals surface area contributed by atoms with Crippen LogP contribution in [-0.2, 0) is 0 Å². The molecule has 2 rings (SSSR count). The summed E-state index contributed by atoms with van der Waals surface area (Å²) in [4.78, 5) is 0. The second kappa shape index (κ2) is 3.66. The van der Waals surface area contributed by atoms with Gasteiger partial charge in [0, 0.05) is 12.1 Å². The van der Waals surface area contributed by atoms with Gasteiger partial charge in [-0.15, -0.1) is 0 Å². The SMILES string of the molecule is C=C(C)c1ccc(C#N)c2c1OCCN2. The second-order valence-corrected chi connectivity index (χ2v) is 3.53. The summed E-state index contributed by atoms with van der Waals surface area (Å²) in [6.45, 7) is 7.19. The molecule has 0 atom stereocenters. The van der Waals surface area contributed by atoms with Crippen LogP contribution in [0, 0.1) is 11.3 Å². The van der Waals surface area contributed by atoms with E-state index in [4.69, 9.17) is 10.00 Å². The van der Waals surface area contributed by atoms with Crippen LogP contribution in [0.15, 0.2) is 18.7 Å². The van der Waals surface area contributed by atoms with Gasteiger partial charge in [0.15, 0.2) is 5.75 Å². The molecule has 0 radical (unpaired) electrons. The average molecular weight is 200 g/mol. The van der Waals surface area contributed by atoms with Gasteiger partial charge in [-0.1, -0.05) is 6.58 Å². The molecule has 15 heavy (non-hydrogen) atoms. The molecule has 1 N–H and O–H groups in total. The molecule has 0 aliphatic carbocycles. The third-order valence-electron chi connectivity index (χ3n) is 2.39. The Morgan fingerprint density at radius 2 is 2.40 bits per heavy atom. The largest absolute Gasteiger partial charge is 0.489 e. The topological polar surface area (TPSA) is 45.0 Å². The summed E-state index contributed by atoms with van der Waals surface area (Å²) in [6.07, 6.45) is 0. The van der Waals surface area contributed by atoms with Crippen molar-refractivity contribution in [2.24, 2.45) is 0 Å². The van der Waals surface area contributed by atoms with Crippen molar-refractivity contribution in [3.05, 3.63) is 29.8 Å². The Morgan fingerprint density at radius 3 is 3.07 bits per heavy atom. The van der Waals surface area contributed by atoms with Crippen LogP contribution in [0.3, 0.4) is 0 Å². The van der Waals surface area contributed by atoms with Gasteiger partial charge in [-0.3, -0.25) is 0 Å². The van der Waals surface area contributed by atoms with Gasteiger partial charge in [-0.05, 0) is 24.6 Å². The number of benzene rings is 1. The van der Waals surface area contributed by atoms with Crippen LogP contribution in [0.5, 0.6) is 5.75 Å². The normalized spacial score (nSPS) is 13.1. The number of rotatable bonds is 1. The number of nitriles is 1.